The average molecular weight is 583 g/mol. The highest BCUT2D eigenvalue weighted by atomic mass is 19.4. The van der Waals surface area contributed by atoms with Crippen molar-refractivity contribution in [3.63, 3.8) is 0 Å². The molecule has 1 saturated heterocycles. The lowest BCUT2D eigenvalue weighted by Gasteiger charge is -2.39. The van der Waals surface area contributed by atoms with Crippen LogP contribution in [0.2, 0.25) is 0 Å². The Hall–Kier alpha value is -3.49. The highest BCUT2D eigenvalue weighted by Gasteiger charge is 2.32. The van der Waals surface area contributed by atoms with Crippen molar-refractivity contribution in [2.45, 2.75) is 83.5 Å². The molecule has 2 N–H and O–H groups in total. The number of hydrogen-bond donors (Lipinski definition) is 2. The van der Waals surface area contributed by atoms with Gasteiger partial charge in [0.05, 0.1) is 11.8 Å². The number of nitrogens with one attached hydrogen (secondary N) is 2. The second kappa shape index (κ2) is 12.4. The Labute approximate surface area is 246 Å². The van der Waals surface area contributed by atoms with Gasteiger partial charge in [-0.05, 0) is 101 Å². The molecule has 3 atom stereocenters. The van der Waals surface area contributed by atoms with E-state index >= 15 is 0 Å². The fraction of sp³-hybridized carbons (Fsp3) is 0.515. The minimum atomic E-state index is -4.32. The summed E-state index contributed by atoms with van der Waals surface area (Å²) in [4.78, 5) is 19.4. The van der Waals surface area contributed by atoms with Crippen molar-refractivity contribution in [3.05, 3.63) is 65.9 Å². The van der Waals surface area contributed by atoms with Crippen LogP contribution in [-0.4, -0.2) is 35.6 Å². The van der Waals surface area contributed by atoms with Crippen molar-refractivity contribution in [1.82, 2.24) is 10.3 Å². The number of anilines is 2. The molecular formula is C33H41F3N4O2. The van der Waals surface area contributed by atoms with Gasteiger partial charge in [0.1, 0.15) is 0 Å². The van der Waals surface area contributed by atoms with Gasteiger partial charge in [0.2, 0.25) is 0 Å². The summed E-state index contributed by atoms with van der Waals surface area (Å²) < 4.78 is 45.2. The topological polar surface area (TPSA) is 70.4 Å². The predicted molar refractivity (Wildman–Crippen MR) is 160 cm³/mol. The van der Waals surface area contributed by atoms with Crippen LogP contribution in [0, 0.1) is 11.8 Å². The smallest absolute Gasteiger partial charge is 0.416 e. The van der Waals surface area contributed by atoms with Gasteiger partial charge in [-0.15, -0.1) is 0 Å². The summed E-state index contributed by atoms with van der Waals surface area (Å²) in [6.45, 7) is 7.57. The summed E-state index contributed by atoms with van der Waals surface area (Å²) in [7, 11) is 0. The molecule has 2 aromatic carbocycles. The molecule has 5 rings (SSSR count). The van der Waals surface area contributed by atoms with Gasteiger partial charge >= 0.3 is 6.18 Å². The summed E-state index contributed by atoms with van der Waals surface area (Å²) in [5.41, 5.74) is 1.29. The molecular weight excluding hydrogens is 541 g/mol. The van der Waals surface area contributed by atoms with E-state index in [1.807, 2.05) is 39.0 Å². The van der Waals surface area contributed by atoms with E-state index in [1.54, 1.807) is 24.4 Å². The molecule has 0 radical (unpaired) electrons. The Morgan fingerprint density at radius 3 is 2.52 bits per heavy atom. The summed E-state index contributed by atoms with van der Waals surface area (Å²) in [6, 6.07) is 13.7. The first-order chi connectivity index (χ1) is 19.9. The van der Waals surface area contributed by atoms with Gasteiger partial charge < -0.3 is 20.0 Å². The Morgan fingerprint density at radius 2 is 1.79 bits per heavy atom. The van der Waals surface area contributed by atoms with E-state index in [-0.39, 0.29) is 17.5 Å². The molecule has 1 saturated carbocycles. The maximum atomic E-state index is 13.0. The first-order valence-corrected chi connectivity index (χ1v) is 15.0. The molecule has 42 heavy (non-hydrogen) atoms. The van der Waals surface area contributed by atoms with Gasteiger partial charge in [-0.2, -0.15) is 13.2 Å². The molecule has 9 heteroatoms. The number of halogens is 3. The third-order valence-electron chi connectivity index (χ3n) is 8.34. The largest absolute Gasteiger partial charge is 0.424 e. The normalized spacial score (nSPS) is 21.7. The number of nitrogens with zero attached hydrogens (tertiary/aromatic N) is 2. The van der Waals surface area contributed by atoms with Crippen molar-refractivity contribution >= 4 is 17.6 Å². The number of oxazole rings is 1. The molecule has 2 aliphatic rings. The summed E-state index contributed by atoms with van der Waals surface area (Å²) >= 11 is 0. The fourth-order valence-corrected chi connectivity index (χ4v) is 6.32. The lowest BCUT2D eigenvalue weighted by molar-refractivity contribution is -0.137. The van der Waals surface area contributed by atoms with Crippen LogP contribution in [0.3, 0.4) is 0 Å². The number of rotatable bonds is 7. The number of piperidine rings is 1. The zero-order valence-corrected chi connectivity index (χ0v) is 24.6. The first-order valence-electron chi connectivity index (χ1n) is 15.0. The monoisotopic (exact) mass is 582 g/mol. The molecule has 1 aliphatic carbocycles. The van der Waals surface area contributed by atoms with E-state index in [9.17, 15) is 18.0 Å². The lowest BCUT2D eigenvalue weighted by Crippen LogP contribution is -2.40. The van der Waals surface area contributed by atoms with Gasteiger partial charge in [-0.3, -0.25) is 4.79 Å². The van der Waals surface area contributed by atoms with E-state index in [2.05, 4.69) is 20.5 Å². The summed E-state index contributed by atoms with van der Waals surface area (Å²) in [5, 5.41) is 6.55. The minimum absolute atomic E-state index is 0.133. The molecule has 226 valence electrons. The number of amides is 1. The van der Waals surface area contributed by atoms with Crippen LogP contribution in [-0.2, 0) is 6.18 Å². The van der Waals surface area contributed by atoms with E-state index in [0.717, 1.165) is 62.9 Å². The second-order valence-corrected chi connectivity index (χ2v) is 12.8. The van der Waals surface area contributed by atoms with Gasteiger partial charge in [-0.25, -0.2) is 4.98 Å². The van der Waals surface area contributed by atoms with Crippen LogP contribution >= 0.6 is 0 Å². The van der Waals surface area contributed by atoms with E-state index in [4.69, 9.17) is 4.42 Å². The van der Waals surface area contributed by atoms with Gasteiger partial charge in [0.15, 0.2) is 5.76 Å². The van der Waals surface area contributed by atoms with E-state index < -0.39 is 11.7 Å². The number of carbonyl (C=O) groups excluding carboxylic acids is 1. The Kier molecular flexibility index (Phi) is 8.85. The zero-order valence-electron chi connectivity index (χ0n) is 24.6. The van der Waals surface area contributed by atoms with Gasteiger partial charge in [0.25, 0.3) is 11.9 Å². The molecule has 2 heterocycles. The standard InChI is InChI=1S/C33H41F3N4O2/c1-32(2,3)39-30(41)25-11-6-10-24(19-25)29-20-37-31(42-29)38-28-12-5-4-9-23(28)18-22-8-7-17-40(21-22)27-15-13-26(14-16-27)33(34,35)36/h6,10-11,13-16,19-20,22-23,28H,4-5,7-9,12,17-18,21H2,1-3H3,(H,37,38)(H,39,41)/t22-,23+,28-/m1/s1. The minimum Gasteiger partial charge on any atom is -0.424 e. The molecule has 6 nitrogen and oxygen atoms in total. The number of alkyl halides is 3. The maximum Gasteiger partial charge on any atom is 0.416 e. The lowest BCUT2D eigenvalue weighted by atomic mass is 9.77. The van der Waals surface area contributed by atoms with E-state index in [1.165, 1.54) is 18.6 Å². The van der Waals surface area contributed by atoms with E-state index in [0.29, 0.717) is 29.2 Å². The fourth-order valence-electron chi connectivity index (χ4n) is 6.32. The zero-order chi connectivity index (χ0) is 29.9. The number of carbonyl (C=O) groups is 1. The van der Waals surface area contributed by atoms with Crippen LogP contribution in [0.4, 0.5) is 24.9 Å². The van der Waals surface area contributed by atoms with Crippen molar-refractivity contribution in [1.29, 1.82) is 0 Å². The van der Waals surface area contributed by atoms with Crippen LogP contribution < -0.4 is 15.5 Å². The second-order valence-electron chi connectivity index (χ2n) is 12.8. The van der Waals surface area contributed by atoms with Crippen LogP contribution in [0.1, 0.15) is 81.6 Å². The Morgan fingerprint density at radius 1 is 1.02 bits per heavy atom. The van der Waals surface area contributed by atoms with Crippen LogP contribution in [0.15, 0.2) is 59.1 Å². The van der Waals surface area contributed by atoms with Gasteiger partial charge in [-0.1, -0.05) is 25.0 Å². The van der Waals surface area contributed by atoms with Crippen LogP contribution in [0.25, 0.3) is 11.3 Å². The molecule has 0 spiro atoms. The highest BCUT2D eigenvalue weighted by molar-refractivity contribution is 5.95. The van der Waals surface area contributed by atoms with Crippen molar-refractivity contribution in [3.8, 4) is 11.3 Å². The number of hydrogen-bond acceptors (Lipinski definition) is 5. The molecule has 2 fully saturated rings. The third-order valence-corrected chi connectivity index (χ3v) is 8.34. The van der Waals surface area contributed by atoms with Crippen molar-refractivity contribution in [2.75, 3.05) is 23.3 Å². The number of aromatic nitrogens is 1. The molecule has 1 aromatic heterocycles. The molecule has 0 bridgehead atoms. The first kappa shape index (κ1) is 30.0. The van der Waals surface area contributed by atoms with Gasteiger partial charge in [0, 0.05) is 41.5 Å². The summed E-state index contributed by atoms with van der Waals surface area (Å²) in [5.74, 6) is 1.42. The van der Waals surface area contributed by atoms with Crippen LogP contribution in [0.5, 0.6) is 0 Å². The third kappa shape index (κ3) is 7.66. The summed E-state index contributed by atoms with van der Waals surface area (Å²) in [6.07, 6.45) is 5.12. The average Bonchev–Trinajstić information content (AvgIpc) is 3.42. The van der Waals surface area contributed by atoms with Crippen molar-refractivity contribution in [2.24, 2.45) is 11.8 Å². The number of benzene rings is 2. The van der Waals surface area contributed by atoms with Crippen molar-refractivity contribution < 1.29 is 22.4 Å². The molecule has 1 amide bonds. The molecule has 0 unspecified atom stereocenters. The predicted octanol–water partition coefficient (Wildman–Crippen LogP) is 8.17. The molecule has 3 aromatic rings. The maximum absolute atomic E-state index is 13.0. The SMILES string of the molecule is CC(C)(C)NC(=O)c1cccc(-c2cnc(N[C@@H]3CCCC[C@H]3C[C@H]3CCCN(c4ccc(C(F)(F)F)cc4)C3)o2)c1. The molecule has 1 aliphatic heterocycles. The highest BCUT2D eigenvalue weighted by Crippen LogP contribution is 2.36. The quantitative estimate of drug-likeness (QED) is 0.294. The Balaban J connectivity index is 1.21. The Bertz CT molecular complexity index is 1350.